The Morgan fingerprint density at radius 2 is 1.60 bits per heavy atom. The van der Waals surface area contributed by atoms with Gasteiger partial charge < -0.3 is 5.32 Å². The molecule has 2 saturated carbocycles. The van der Waals surface area contributed by atoms with Gasteiger partial charge in [0, 0.05) is 26.8 Å². The quantitative estimate of drug-likeness (QED) is 0.253. The van der Waals surface area contributed by atoms with Gasteiger partial charge in [0.15, 0.2) is 0 Å². The number of hydrogen-bond donors (Lipinski definition) is 1. The van der Waals surface area contributed by atoms with Crippen molar-refractivity contribution in [3.8, 4) is 0 Å². The Balaban J connectivity index is 1.17. The molecular formula is C34H27ClFN3O4S2. The molecule has 1 N–H and O–H groups in total. The summed E-state index contributed by atoms with van der Waals surface area (Å²) in [6.07, 6.45) is 0.769. The molecule has 8 rings (SSSR count). The predicted octanol–water partition coefficient (Wildman–Crippen LogP) is 6.33. The fraction of sp³-hybridized carbons (Fsp3) is 0.294. The van der Waals surface area contributed by atoms with Crippen LogP contribution >= 0.6 is 34.7 Å². The largest absolute Gasteiger partial charge is 0.325 e. The number of halogens is 2. The van der Waals surface area contributed by atoms with Gasteiger partial charge in [0.2, 0.25) is 17.7 Å². The molecule has 7 unspecified atom stereocenters. The Morgan fingerprint density at radius 3 is 2.29 bits per heavy atom. The van der Waals surface area contributed by atoms with Crippen LogP contribution in [0.1, 0.15) is 28.3 Å². The van der Waals surface area contributed by atoms with Gasteiger partial charge in [-0.05, 0) is 85.2 Å². The van der Waals surface area contributed by atoms with Gasteiger partial charge in [-0.25, -0.2) is 4.39 Å². The molecule has 1 aromatic heterocycles. The second-order valence-electron chi connectivity index (χ2n) is 12.3. The molecule has 4 aromatic rings. The monoisotopic (exact) mass is 659 g/mol. The SMILES string of the molecule is Cc1ccc(N2C(=O)C3C4CC(C3C2=O)C2C(c3ccc(Cl)cc3)c3sc(=O)n(CC(=O)Nc5ccc(F)cc5)c3SC42)cc1. The van der Waals surface area contributed by atoms with E-state index in [2.05, 4.69) is 5.32 Å². The number of aromatic nitrogens is 1. The maximum Gasteiger partial charge on any atom is 0.308 e. The molecule has 2 aliphatic heterocycles. The molecular weight excluding hydrogens is 633 g/mol. The fourth-order valence-corrected chi connectivity index (χ4v) is 11.4. The molecule has 3 amide bonds. The highest BCUT2D eigenvalue weighted by molar-refractivity contribution is 8.00. The number of rotatable bonds is 5. The highest BCUT2D eigenvalue weighted by Gasteiger charge is 2.69. The molecule has 228 valence electrons. The van der Waals surface area contributed by atoms with Crippen molar-refractivity contribution in [1.82, 2.24) is 4.57 Å². The van der Waals surface area contributed by atoms with Crippen molar-refractivity contribution in [1.29, 1.82) is 0 Å². The molecule has 4 aliphatic rings. The van der Waals surface area contributed by atoms with Gasteiger partial charge in [0.1, 0.15) is 12.4 Å². The molecule has 0 spiro atoms. The standard InChI is InChI=1S/C34H27ClFN3O4S2/c1-16-2-12-21(13-3-16)39-31(41)27-22-14-23(28(27)32(39)42)29-26(22)25(17-4-6-18(35)7-5-17)30-33(44-29)38(34(43)45-30)15-24(40)37-20-10-8-19(36)9-11-20/h2-13,22-23,25-29H,14-15H2,1H3,(H,37,40). The van der Waals surface area contributed by atoms with Gasteiger partial charge in [-0.15, -0.1) is 11.8 Å². The van der Waals surface area contributed by atoms with E-state index in [0.717, 1.165) is 38.8 Å². The predicted molar refractivity (Wildman–Crippen MR) is 172 cm³/mol. The minimum absolute atomic E-state index is 0.0143. The van der Waals surface area contributed by atoms with E-state index in [9.17, 15) is 23.6 Å². The third-order valence-electron chi connectivity index (χ3n) is 9.90. The number of hydrogen-bond acceptors (Lipinski definition) is 6. The van der Waals surface area contributed by atoms with Gasteiger partial charge in [0.25, 0.3) is 0 Å². The molecule has 2 aliphatic carbocycles. The lowest BCUT2D eigenvalue weighted by molar-refractivity contribution is -0.123. The molecule has 3 fully saturated rings. The van der Waals surface area contributed by atoms with Crippen molar-refractivity contribution in [3.63, 3.8) is 0 Å². The van der Waals surface area contributed by atoms with Crippen LogP contribution in [0.25, 0.3) is 0 Å². The molecule has 3 aromatic carbocycles. The summed E-state index contributed by atoms with van der Waals surface area (Å²) < 4.78 is 14.9. The molecule has 45 heavy (non-hydrogen) atoms. The number of carbonyl (C=O) groups is 3. The maximum absolute atomic E-state index is 14.0. The molecule has 3 heterocycles. The number of benzene rings is 3. The number of imide groups is 1. The first-order valence-corrected chi connectivity index (χ1v) is 16.9. The summed E-state index contributed by atoms with van der Waals surface area (Å²) in [6, 6.07) is 20.6. The van der Waals surface area contributed by atoms with E-state index in [0.29, 0.717) is 16.4 Å². The minimum atomic E-state index is -0.412. The molecule has 7 atom stereocenters. The van der Waals surface area contributed by atoms with Crippen molar-refractivity contribution in [2.45, 2.75) is 36.1 Å². The first kappa shape index (κ1) is 28.7. The van der Waals surface area contributed by atoms with Crippen LogP contribution in [0.5, 0.6) is 0 Å². The summed E-state index contributed by atoms with van der Waals surface area (Å²) in [6.45, 7) is 1.77. The zero-order valence-corrected chi connectivity index (χ0v) is 26.4. The van der Waals surface area contributed by atoms with Gasteiger partial charge in [0.05, 0.1) is 22.5 Å². The van der Waals surface area contributed by atoms with Crippen molar-refractivity contribution in [2.75, 3.05) is 10.2 Å². The van der Waals surface area contributed by atoms with Gasteiger partial charge in [-0.3, -0.25) is 28.6 Å². The topological polar surface area (TPSA) is 88.5 Å². The summed E-state index contributed by atoms with van der Waals surface area (Å²) in [7, 11) is 0. The highest BCUT2D eigenvalue weighted by atomic mass is 35.5. The summed E-state index contributed by atoms with van der Waals surface area (Å²) in [5, 5.41) is 4.07. The number of fused-ring (bicyclic) bond motifs is 9. The van der Waals surface area contributed by atoms with Gasteiger partial charge >= 0.3 is 4.87 Å². The maximum atomic E-state index is 14.0. The summed E-state index contributed by atoms with van der Waals surface area (Å²) in [5.74, 6) is -2.11. The lowest BCUT2D eigenvalue weighted by atomic mass is 9.68. The fourth-order valence-electron chi connectivity index (χ4n) is 8.12. The molecule has 11 heteroatoms. The number of carbonyl (C=O) groups excluding carboxylic acids is 3. The second-order valence-corrected chi connectivity index (χ2v) is 14.9. The number of thioether (sulfide) groups is 1. The first-order chi connectivity index (χ1) is 21.7. The Hall–Kier alpha value is -3.73. The Labute approximate surface area is 271 Å². The zero-order valence-electron chi connectivity index (χ0n) is 24.0. The summed E-state index contributed by atoms with van der Waals surface area (Å²) in [5.41, 5.74) is 3.09. The lowest BCUT2D eigenvalue weighted by Crippen LogP contribution is -2.43. The van der Waals surface area contributed by atoms with Crippen LogP contribution in [0.15, 0.2) is 82.6 Å². The zero-order chi connectivity index (χ0) is 31.1. The van der Waals surface area contributed by atoms with Crippen LogP contribution in [0, 0.1) is 42.3 Å². The minimum Gasteiger partial charge on any atom is -0.325 e. The Bertz CT molecular complexity index is 1920. The summed E-state index contributed by atoms with van der Waals surface area (Å²) in [4.78, 5) is 56.5. The van der Waals surface area contributed by atoms with Crippen LogP contribution in [-0.4, -0.2) is 27.5 Å². The van der Waals surface area contributed by atoms with E-state index in [-0.39, 0.29) is 52.2 Å². The van der Waals surface area contributed by atoms with Crippen LogP contribution < -0.4 is 15.1 Å². The number of nitrogens with one attached hydrogen (secondary N) is 1. The summed E-state index contributed by atoms with van der Waals surface area (Å²) >= 11 is 8.98. The van der Waals surface area contributed by atoms with E-state index in [1.807, 2.05) is 55.5 Å². The molecule has 1 saturated heterocycles. The van der Waals surface area contributed by atoms with Gasteiger partial charge in [-0.1, -0.05) is 52.8 Å². The van der Waals surface area contributed by atoms with E-state index in [1.54, 1.807) is 11.8 Å². The van der Waals surface area contributed by atoms with Crippen molar-refractivity contribution in [2.24, 2.45) is 29.6 Å². The number of thiazole rings is 1. The Kier molecular flexibility index (Phi) is 6.81. The second kappa shape index (κ2) is 10.7. The van der Waals surface area contributed by atoms with E-state index >= 15 is 0 Å². The molecule has 7 nitrogen and oxygen atoms in total. The van der Waals surface area contributed by atoms with E-state index in [1.165, 1.54) is 33.7 Å². The average molecular weight is 660 g/mol. The van der Waals surface area contributed by atoms with Crippen LogP contribution in [0.3, 0.4) is 0 Å². The molecule has 2 bridgehead atoms. The van der Waals surface area contributed by atoms with E-state index < -0.39 is 23.6 Å². The van der Waals surface area contributed by atoms with Crippen LogP contribution in [0.2, 0.25) is 5.02 Å². The third-order valence-corrected chi connectivity index (χ3v) is 12.9. The first-order valence-electron chi connectivity index (χ1n) is 14.8. The number of anilines is 2. The number of amides is 3. The van der Waals surface area contributed by atoms with Crippen molar-refractivity contribution in [3.05, 3.63) is 109 Å². The number of nitrogens with zero attached hydrogens (tertiary/aromatic N) is 2. The highest BCUT2D eigenvalue weighted by Crippen LogP contribution is 2.69. The smallest absolute Gasteiger partial charge is 0.308 e. The van der Waals surface area contributed by atoms with Crippen molar-refractivity contribution < 1.29 is 18.8 Å². The molecule has 0 radical (unpaired) electrons. The van der Waals surface area contributed by atoms with Crippen molar-refractivity contribution >= 4 is 63.8 Å². The normalized spacial score (nSPS) is 27.8. The third kappa shape index (κ3) is 4.52. The Morgan fingerprint density at radius 1 is 0.933 bits per heavy atom. The van der Waals surface area contributed by atoms with Gasteiger partial charge in [-0.2, -0.15) is 0 Å². The lowest BCUT2D eigenvalue weighted by Gasteiger charge is -2.43. The number of aryl methyl sites for hydroxylation is 1. The average Bonchev–Trinajstić information content (AvgIpc) is 3.74. The van der Waals surface area contributed by atoms with Crippen LogP contribution in [0.4, 0.5) is 15.8 Å². The van der Waals surface area contributed by atoms with E-state index in [4.69, 9.17) is 11.6 Å². The van der Waals surface area contributed by atoms with Crippen LogP contribution in [-0.2, 0) is 20.9 Å².